The third kappa shape index (κ3) is 6.12. The maximum atomic E-state index is 13.1. The molecule has 8 nitrogen and oxygen atoms in total. The third-order valence-electron chi connectivity index (χ3n) is 5.37. The van der Waals surface area contributed by atoms with Gasteiger partial charge in [-0.1, -0.05) is 29.8 Å². The van der Waals surface area contributed by atoms with Gasteiger partial charge in [-0.2, -0.15) is 0 Å². The summed E-state index contributed by atoms with van der Waals surface area (Å²) in [7, 11) is 3.15. The zero-order valence-electron chi connectivity index (χ0n) is 19.8. The van der Waals surface area contributed by atoms with E-state index in [0.29, 0.717) is 33.9 Å². The largest absolute Gasteiger partial charge is 0.497 e. The van der Waals surface area contributed by atoms with Crippen LogP contribution in [0.5, 0.6) is 5.75 Å². The van der Waals surface area contributed by atoms with E-state index in [4.69, 9.17) is 21.1 Å². The molecule has 2 aromatic carbocycles. The van der Waals surface area contributed by atoms with E-state index in [0.717, 1.165) is 11.3 Å². The fraction of sp³-hybridized carbons (Fsp3) is 0.192. The van der Waals surface area contributed by atoms with Gasteiger partial charge in [0, 0.05) is 36.1 Å². The number of benzene rings is 2. The molecule has 0 bridgehead atoms. The molecule has 10 heteroatoms. The number of rotatable bonds is 10. The molecular formula is C26H25ClN4O4S. The number of nitrogens with one attached hydrogen (secondary N) is 1. The van der Waals surface area contributed by atoms with Crippen molar-refractivity contribution in [3.63, 3.8) is 0 Å². The Labute approximate surface area is 218 Å². The summed E-state index contributed by atoms with van der Waals surface area (Å²) in [5.41, 5.74) is 2.28. The number of anilines is 1. The molecule has 0 fully saturated rings. The smallest absolute Gasteiger partial charge is 0.264 e. The number of thiophene rings is 1. The Morgan fingerprint density at radius 2 is 1.83 bits per heavy atom. The monoisotopic (exact) mass is 524 g/mol. The molecule has 4 aromatic rings. The van der Waals surface area contributed by atoms with Crippen LogP contribution in [0.25, 0.3) is 16.9 Å². The van der Waals surface area contributed by atoms with Gasteiger partial charge in [0.05, 0.1) is 24.3 Å². The van der Waals surface area contributed by atoms with Crippen LogP contribution in [0.3, 0.4) is 0 Å². The van der Waals surface area contributed by atoms with Gasteiger partial charge in [0.2, 0.25) is 11.9 Å². The molecule has 0 aliphatic rings. The van der Waals surface area contributed by atoms with Crippen molar-refractivity contribution in [3.05, 3.63) is 82.1 Å². The highest BCUT2D eigenvalue weighted by Crippen LogP contribution is 2.26. The molecule has 0 saturated heterocycles. The number of halogens is 1. The Hall–Kier alpha value is -3.66. The molecule has 0 aliphatic heterocycles. The summed E-state index contributed by atoms with van der Waals surface area (Å²) in [6.45, 7) is 0.445. The topological polar surface area (TPSA) is 85.7 Å². The lowest BCUT2D eigenvalue weighted by atomic mass is 10.2. The molecule has 4 rings (SSSR count). The number of ether oxygens (including phenoxy) is 2. The lowest BCUT2D eigenvalue weighted by Gasteiger charge is -2.21. The quantitative estimate of drug-likeness (QED) is 0.316. The number of imidazole rings is 1. The molecule has 0 saturated carbocycles. The van der Waals surface area contributed by atoms with Crippen LogP contribution in [0.2, 0.25) is 5.02 Å². The summed E-state index contributed by atoms with van der Waals surface area (Å²) in [6.07, 6.45) is 1.83. The zero-order valence-corrected chi connectivity index (χ0v) is 21.4. The Bertz CT molecular complexity index is 1300. The molecule has 0 aliphatic carbocycles. The van der Waals surface area contributed by atoms with E-state index < -0.39 is 0 Å². The van der Waals surface area contributed by atoms with Gasteiger partial charge in [0.25, 0.3) is 5.91 Å². The second-order valence-corrected chi connectivity index (χ2v) is 9.15. The Balaban J connectivity index is 1.61. The van der Waals surface area contributed by atoms with Crippen molar-refractivity contribution >= 4 is 40.7 Å². The molecule has 36 heavy (non-hydrogen) atoms. The fourth-order valence-corrected chi connectivity index (χ4v) is 4.33. The van der Waals surface area contributed by atoms with Crippen molar-refractivity contribution in [2.75, 3.05) is 39.2 Å². The van der Waals surface area contributed by atoms with Gasteiger partial charge in [0.15, 0.2) is 0 Å². The lowest BCUT2D eigenvalue weighted by molar-refractivity contribution is -0.117. The molecule has 0 unspecified atom stereocenters. The first-order valence-corrected chi connectivity index (χ1v) is 12.4. The highest BCUT2D eigenvalue weighted by atomic mass is 35.5. The number of nitrogens with zero attached hydrogens (tertiary/aromatic N) is 3. The van der Waals surface area contributed by atoms with Crippen LogP contribution in [0.4, 0.5) is 5.95 Å². The first-order chi connectivity index (χ1) is 17.5. The van der Waals surface area contributed by atoms with Crippen LogP contribution in [0, 0.1) is 0 Å². The SMILES string of the molecule is COCCN(CC(=O)Nc1nc(-c2ccc(Cl)cc2)cn1-c1ccc(OC)cc1)C(=O)c1cccs1. The Kier molecular flexibility index (Phi) is 8.37. The normalized spacial score (nSPS) is 10.8. The van der Waals surface area contributed by atoms with Gasteiger partial charge < -0.3 is 14.4 Å². The lowest BCUT2D eigenvalue weighted by Crippen LogP contribution is -2.40. The summed E-state index contributed by atoms with van der Waals surface area (Å²) in [4.78, 5) is 32.7. The first-order valence-electron chi connectivity index (χ1n) is 11.1. The molecule has 2 aromatic heterocycles. The summed E-state index contributed by atoms with van der Waals surface area (Å²) >= 11 is 7.37. The predicted molar refractivity (Wildman–Crippen MR) is 141 cm³/mol. The van der Waals surface area contributed by atoms with E-state index >= 15 is 0 Å². The molecule has 0 spiro atoms. The van der Waals surface area contributed by atoms with E-state index in [-0.39, 0.29) is 24.9 Å². The second-order valence-electron chi connectivity index (χ2n) is 7.77. The average Bonchev–Trinajstić information content (AvgIpc) is 3.57. The molecule has 0 atom stereocenters. The predicted octanol–water partition coefficient (Wildman–Crippen LogP) is 4.99. The first kappa shape index (κ1) is 25.4. The minimum absolute atomic E-state index is 0.147. The molecule has 186 valence electrons. The van der Waals surface area contributed by atoms with Gasteiger partial charge in [0.1, 0.15) is 12.3 Å². The number of hydrogen-bond acceptors (Lipinski definition) is 6. The van der Waals surface area contributed by atoms with Crippen molar-refractivity contribution in [1.82, 2.24) is 14.5 Å². The second kappa shape index (κ2) is 11.9. The van der Waals surface area contributed by atoms with Gasteiger partial charge in [-0.05, 0) is 47.8 Å². The van der Waals surface area contributed by atoms with Crippen molar-refractivity contribution in [2.24, 2.45) is 0 Å². The van der Waals surface area contributed by atoms with Crippen molar-refractivity contribution < 1.29 is 19.1 Å². The van der Waals surface area contributed by atoms with Crippen LogP contribution in [0.1, 0.15) is 9.67 Å². The van der Waals surface area contributed by atoms with Crippen LogP contribution < -0.4 is 10.1 Å². The van der Waals surface area contributed by atoms with Crippen LogP contribution in [-0.4, -0.2) is 60.2 Å². The third-order valence-corrected chi connectivity index (χ3v) is 6.48. The van der Waals surface area contributed by atoms with Crippen LogP contribution in [-0.2, 0) is 9.53 Å². The van der Waals surface area contributed by atoms with E-state index in [1.807, 2.05) is 48.0 Å². The van der Waals surface area contributed by atoms with Crippen molar-refractivity contribution in [3.8, 4) is 22.7 Å². The number of methoxy groups -OCH3 is 2. The molecule has 2 heterocycles. The van der Waals surface area contributed by atoms with Gasteiger partial charge in [-0.25, -0.2) is 4.98 Å². The van der Waals surface area contributed by atoms with Crippen molar-refractivity contribution in [1.29, 1.82) is 0 Å². The number of aromatic nitrogens is 2. The molecule has 1 N–H and O–H groups in total. The maximum absolute atomic E-state index is 13.1. The summed E-state index contributed by atoms with van der Waals surface area (Å²) in [6, 6.07) is 18.2. The van der Waals surface area contributed by atoms with Crippen LogP contribution in [0.15, 0.2) is 72.2 Å². The molecule has 0 radical (unpaired) electrons. The van der Waals surface area contributed by atoms with E-state index in [1.54, 1.807) is 43.1 Å². The van der Waals surface area contributed by atoms with Crippen molar-refractivity contribution in [2.45, 2.75) is 0 Å². The number of amides is 2. The summed E-state index contributed by atoms with van der Waals surface area (Å²) in [5, 5.41) is 5.31. The molecule has 2 amide bonds. The maximum Gasteiger partial charge on any atom is 0.264 e. The highest BCUT2D eigenvalue weighted by molar-refractivity contribution is 7.12. The van der Waals surface area contributed by atoms with Crippen LogP contribution >= 0.6 is 22.9 Å². The summed E-state index contributed by atoms with van der Waals surface area (Å²) < 4.78 is 12.2. The average molecular weight is 525 g/mol. The number of carbonyl (C=O) groups is 2. The van der Waals surface area contributed by atoms with E-state index in [9.17, 15) is 9.59 Å². The Morgan fingerprint density at radius 1 is 1.08 bits per heavy atom. The van der Waals surface area contributed by atoms with Gasteiger partial charge in [-0.15, -0.1) is 11.3 Å². The minimum Gasteiger partial charge on any atom is -0.497 e. The zero-order chi connectivity index (χ0) is 25.5. The van der Waals surface area contributed by atoms with Gasteiger partial charge >= 0.3 is 0 Å². The standard InChI is InChI=1S/C26H25ClN4O4S/c1-34-14-13-30(25(33)23-4-3-15-36-23)17-24(32)29-26-28-22(18-5-7-19(27)8-6-18)16-31(26)20-9-11-21(35-2)12-10-20/h3-12,15-16H,13-14,17H2,1-2H3,(H,28,29,32). The Morgan fingerprint density at radius 3 is 2.47 bits per heavy atom. The van der Waals surface area contributed by atoms with E-state index in [1.165, 1.54) is 16.2 Å². The van der Waals surface area contributed by atoms with Gasteiger partial charge in [-0.3, -0.25) is 19.5 Å². The van der Waals surface area contributed by atoms with E-state index in [2.05, 4.69) is 10.3 Å². The minimum atomic E-state index is -0.376. The molecular weight excluding hydrogens is 500 g/mol. The number of carbonyl (C=O) groups excluding carboxylic acids is 2. The number of hydrogen-bond donors (Lipinski definition) is 1. The fourth-order valence-electron chi connectivity index (χ4n) is 3.52. The highest BCUT2D eigenvalue weighted by Gasteiger charge is 2.21. The summed E-state index contributed by atoms with van der Waals surface area (Å²) in [5.74, 6) is 0.435.